The van der Waals surface area contributed by atoms with E-state index in [0.717, 1.165) is 32.7 Å². The van der Waals surface area contributed by atoms with Gasteiger partial charge in [0.05, 0.1) is 13.3 Å². The van der Waals surface area contributed by atoms with Gasteiger partial charge in [0.1, 0.15) is 12.2 Å². The van der Waals surface area contributed by atoms with Crippen molar-refractivity contribution >= 4 is 18.2 Å². The van der Waals surface area contributed by atoms with Crippen LogP contribution in [0.4, 0.5) is 0 Å². The Balaban J connectivity index is 1.52. The molecule has 30 heavy (non-hydrogen) atoms. The first kappa shape index (κ1) is 22.7. The summed E-state index contributed by atoms with van der Waals surface area (Å²) in [6.45, 7) is 12.2. The van der Waals surface area contributed by atoms with Gasteiger partial charge >= 0.3 is 5.97 Å². The summed E-state index contributed by atoms with van der Waals surface area (Å²) in [7, 11) is 1.85. The van der Waals surface area contributed by atoms with Crippen LogP contribution in [0.15, 0.2) is 24.3 Å². The zero-order valence-electron chi connectivity index (χ0n) is 18.5. The lowest BCUT2D eigenvalue weighted by atomic mass is 10.0. The van der Waals surface area contributed by atoms with E-state index in [1.165, 1.54) is 11.1 Å². The summed E-state index contributed by atoms with van der Waals surface area (Å²) in [6, 6.07) is 8.99. The highest BCUT2D eigenvalue weighted by Crippen LogP contribution is 2.16. The second kappa shape index (κ2) is 10.3. The predicted molar refractivity (Wildman–Crippen MR) is 120 cm³/mol. The van der Waals surface area contributed by atoms with Crippen LogP contribution in [0.5, 0.6) is 0 Å². The molecule has 0 amide bonds. The maximum absolute atomic E-state index is 11.8. The topological polar surface area (TPSA) is 55.5 Å². The number of carbonyl (C=O) groups is 1. The molecule has 0 N–H and O–H groups in total. The van der Waals surface area contributed by atoms with Crippen LogP contribution >= 0.6 is 12.2 Å². The van der Waals surface area contributed by atoms with Crippen LogP contribution in [-0.4, -0.2) is 62.9 Å². The molecule has 8 heteroatoms. The van der Waals surface area contributed by atoms with Gasteiger partial charge in [-0.05, 0) is 36.2 Å². The summed E-state index contributed by atoms with van der Waals surface area (Å²) in [5.74, 6) is 0.934. The molecule has 1 aliphatic rings. The van der Waals surface area contributed by atoms with Crippen LogP contribution in [0, 0.1) is 4.77 Å². The number of hydrogen-bond acceptors (Lipinski definition) is 6. The van der Waals surface area contributed by atoms with E-state index in [4.69, 9.17) is 17.0 Å². The molecule has 2 heterocycles. The minimum absolute atomic E-state index is 0.143. The molecule has 0 unspecified atom stereocenters. The molecule has 3 rings (SSSR count). The first-order valence-electron chi connectivity index (χ1n) is 10.7. The van der Waals surface area contributed by atoms with E-state index in [9.17, 15) is 4.79 Å². The standard InChI is InChI=1S/C22H33N5O2S/c1-5-29-21(28)14-20-23-27(22(30)24(20)4)16-26-12-10-25(11-13-26)15-18-6-8-19(9-7-18)17(2)3/h6-9,17H,5,10-16H2,1-4H3. The number of nitrogens with zero attached hydrogens (tertiary/aromatic N) is 5. The normalized spacial score (nSPS) is 15.6. The molecular weight excluding hydrogens is 398 g/mol. The average Bonchev–Trinajstić information content (AvgIpc) is 2.98. The van der Waals surface area contributed by atoms with Gasteiger partial charge in [0.25, 0.3) is 0 Å². The lowest BCUT2D eigenvalue weighted by molar-refractivity contribution is -0.142. The smallest absolute Gasteiger partial charge is 0.313 e. The fraction of sp³-hybridized carbons (Fsp3) is 0.591. The number of carbonyl (C=O) groups excluding carboxylic acids is 1. The molecule has 0 spiro atoms. The molecule has 0 bridgehead atoms. The van der Waals surface area contributed by atoms with Crippen molar-refractivity contribution in [2.45, 2.75) is 46.3 Å². The second-order valence-corrected chi connectivity index (χ2v) is 8.54. The van der Waals surface area contributed by atoms with Crippen molar-refractivity contribution in [3.05, 3.63) is 46.0 Å². The quantitative estimate of drug-likeness (QED) is 0.473. The summed E-state index contributed by atoms with van der Waals surface area (Å²) >= 11 is 5.51. The van der Waals surface area contributed by atoms with Crippen LogP contribution in [-0.2, 0) is 36.2 Å². The van der Waals surface area contributed by atoms with Gasteiger partial charge in [0, 0.05) is 39.8 Å². The van der Waals surface area contributed by atoms with Gasteiger partial charge in [-0.1, -0.05) is 38.1 Å². The van der Waals surface area contributed by atoms with Crippen molar-refractivity contribution in [1.29, 1.82) is 0 Å². The molecule has 164 valence electrons. The highest BCUT2D eigenvalue weighted by Gasteiger charge is 2.19. The Morgan fingerprint density at radius 1 is 1.13 bits per heavy atom. The van der Waals surface area contributed by atoms with Crippen molar-refractivity contribution < 1.29 is 9.53 Å². The third-order valence-electron chi connectivity index (χ3n) is 5.59. The number of aromatic nitrogens is 3. The summed E-state index contributed by atoms with van der Waals surface area (Å²) in [5.41, 5.74) is 2.75. The van der Waals surface area contributed by atoms with E-state index in [1.54, 1.807) is 11.5 Å². The average molecular weight is 432 g/mol. The Kier molecular flexibility index (Phi) is 7.80. The number of esters is 1. The third-order valence-corrected chi connectivity index (χ3v) is 6.07. The van der Waals surface area contributed by atoms with Gasteiger partial charge in [-0.25, -0.2) is 4.68 Å². The number of rotatable bonds is 8. The van der Waals surface area contributed by atoms with Gasteiger partial charge in [-0.15, -0.1) is 0 Å². The first-order valence-corrected chi connectivity index (χ1v) is 11.1. The first-order chi connectivity index (χ1) is 14.4. The van der Waals surface area contributed by atoms with Crippen LogP contribution in [0.25, 0.3) is 0 Å². The SMILES string of the molecule is CCOC(=O)Cc1nn(CN2CCN(Cc3ccc(C(C)C)cc3)CC2)c(=S)n1C. The van der Waals surface area contributed by atoms with E-state index in [-0.39, 0.29) is 12.4 Å². The largest absolute Gasteiger partial charge is 0.466 e. The van der Waals surface area contributed by atoms with E-state index in [2.05, 4.69) is 53.0 Å². The van der Waals surface area contributed by atoms with Crippen LogP contribution < -0.4 is 0 Å². The minimum atomic E-state index is -0.275. The molecule has 1 aromatic carbocycles. The zero-order chi connectivity index (χ0) is 21.7. The number of piperazine rings is 1. The number of ether oxygens (including phenoxy) is 1. The third kappa shape index (κ3) is 5.77. The van der Waals surface area contributed by atoms with Crippen LogP contribution in [0.2, 0.25) is 0 Å². The summed E-state index contributed by atoms with van der Waals surface area (Å²) in [6.07, 6.45) is 0.143. The van der Waals surface area contributed by atoms with Gasteiger partial charge in [-0.2, -0.15) is 5.10 Å². The van der Waals surface area contributed by atoms with E-state index in [1.807, 2.05) is 11.7 Å². The fourth-order valence-electron chi connectivity index (χ4n) is 3.66. The van der Waals surface area contributed by atoms with Crippen LogP contribution in [0.1, 0.15) is 43.6 Å². The molecular formula is C22H33N5O2S. The molecule has 7 nitrogen and oxygen atoms in total. The Hall–Kier alpha value is -2.03. The van der Waals surface area contributed by atoms with Gasteiger partial charge in [-0.3, -0.25) is 14.6 Å². The Bertz CT molecular complexity index is 895. The van der Waals surface area contributed by atoms with Gasteiger partial charge in [0.15, 0.2) is 4.77 Å². The maximum Gasteiger partial charge on any atom is 0.313 e. The molecule has 0 radical (unpaired) electrons. The monoisotopic (exact) mass is 431 g/mol. The number of hydrogen-bond donors (Lipinski definition) is 0. The molecule has 1 fully saturated rings. The van der Waals surface area contributed by atoms with E-state index in [0.29, 0.717) is 29.8 Å². The van der Waals surface area contributed by atoms with Crippen molar-refractivity contribution in [2.75, 3.05) is 32.8 Å². The lowest BCUT2D eigenvalue weighted by Crippen LogP contribution is -2.46. The molecule has 0 saturated carbocycles. The van der Waals surface area contributed by atoms with Gasteiger partial charge in [0.2, 0.25) is 0 Å². The van der Waals surface area contributed by atoms with Gasteiger partial charge < -0.3 is 9.30 Å². The van der Waals surface area contributed by atoms with Crippen molar-refractivity contribution in [2.24, 2.45) is 7.05 Å². The predicted octanol–water partition coefficient (Wildman–Crippen LogP) is 2.96. The lowest BCUT2D eigenvalue weighted by Gasteiger charge is -2.34. The highest BCUT2D eigenvalue weighted by molar-refractivity contribution is 7.71. The Morgan fingerprint density at radius 2 is 1.77 bits per heavy atom. The fourth-order valence-corrected chi connectivity index (χ4v) is 3.87. The summed E-state index contributed by atoms with van der Waals surface area (Å²) < 4.78 is 9.26. The second-order valence-electron chi connectivity index (χ2n) is 8.17. The maximum atomic E-state index is 11.8. The minimum Gasteiger partial charge on any atom is -0.466 e. The molecule has 1 aromatic heterocycles. The molecule has 0 aliphatic carbocycles. The highest BCUT2D eigenvalue weighted by atomic mass is 32.1. The Morgan fingerprint density at radius 3 is 2.37 bits per heavy atom. The van der Waals surface area contributed by atoms with Crippen LogP contribution in [0.3, 0.4) is 0 Å². The number of benzene rings is 1. The molecule has 1 saturated heterocycles. The molecule has 2 aromatic rings. The van der Waals surface area contributed by atoms with Crippen molar-refractivity contribution in [1.82, 2.24) is 24.1 Å². The molecule has 1 aliphatic heterocycles. The van der Waals surface area contributed by atoms with Crippen molar-refractivity contribution in [3.8, 4) is 0 Å². The van der Waals surface area contributed by atoms with E-state index >= 15 is 0 Å². The summed E-state index contributed by atoms with van der Waals surface area (Å²) in [4.78, 5) is 16.6. The zero-order valence-corrected chi connectivity index (χ0v) is 19.3. The van der Waals surface area contributed by atoms with E-state index < -0.39 is 0 Å². The Labute approximate surface area is 184 Å². The molecule has 0 atom stereocenters. The van der Waals surface area contributed by atoms with Crippen molar-refractivity contribution in [3.63, 3.8) is 0 Å². The summed E-state index contributed by atoms with van der Waals surface area (Å²) in [5, 5.41) is 4.55.